The standard InChI is InChI=1S/C26H30N4O3/c1-5-33-25(32)23-27-21(26(2,3)4)17-22(28-23)29-13-15-30(16-14-29)24(31)20-12-8-10-18-9-6-7-11-19(18)20/h6-12,17H,5,13-16H2,1-4H3. The lowest BCUT2D eigenvalue weighted by Crippen LogP contribution is -2.49. The fourth-order valence-corrected chi connectivity index (χ4v) is 3.99. The molecule has 0 bridgehead atoms. The molecule has 1 saturated heterocycles. The van der Waals surface area contributed by atoms with Crippen LogP contribution in [0.25, 0.3) is 10.8 Å². The number of aromatic nitrogens is 2. The molecule has 172 valence electrons. The van der Waals surface area contributed by atoms with E-state index in [0.717, 1.165) is 22.0 Å². The average molecular weight is 447 g/mol. The van der Waals surface area contributed by atoms with Crippen LogP contribution in [-0.4, -0.2) is 59.5 Å². The number of hydrogen-bond acceptors (Lipinski definition) is 6. The maximum absolute atomic E-state index is 13.3. The molecule has 1 amide bonds. The predicted molar refractivity (Wildman–Crippen MR) is 129 cm³/mol. The number of hydrogen-bond donors (Lipinski definition) is 0. The van der Waals surface area contributed by atoms with Gasteiger partial charge >= 0.3 is 5.97 Å². The van der Waals surface area contributed by atoms with Crippen molar-refractivity contribution in [2.45, 2.75) is 33.1 Å². The van der Waals surface area contributed by atoms with Gasteiger partial charge in [0.05, 0.1) is 12.3 Å². The van der Waals surface area contributed by atoms with E-state index in [1.54, 1.807) is 6.92 Å². The second-order valence-electron chi connectivity index (χ2n) is 9.21. The number of ether oxygens (including phenoxy) is 1. The average Bonchev–Trinajstić information content (AvgIpc) is 2.82. The summed E-state index contributed by atoms with van der Waals surface area (Å²) in [4.78, 5) is 38.6. The van der Waals surface area contributed by atoms with Gasteiger partial charge in [-0.3, -0.25) is 4.79 Å². The molecule has 0 aliphatic carbocycles. The summed E-state index contributed by atoms with van der Waals surface area (Å²) in [7, 11) is 0. The van der Waals surface area contributed by atoms with E-state index in [1.807, 2.05) is 53.4 Å². The highest BCUT2D eigenvalue weighted by Crippen LogP contribution is 2.26. The highest BCUT2D eigenvalue weighted by Gasteiger charge is 2.27. The number of anilines is 1. The van der Waals surface area contributed by atoms with Crippen molar-refractivity contribution in [2.75, 3.05) is 37.7 Å². The van der Waals surface area contributed by atoms with Crippen molar-refractivity contribution < 1.29 is 14.3 Å². The minimum absolute atomic E-state index is 0.0386. The molecular weight excluding hydrogens is 416 g/mol. The van der Waals surface area contributed by atoms with Crippen molar-refractivity contribution in [3.63, 3.8) is 0 Å². The zero-order chi connectivity index (χ0) is 23.6. The molecule has 0 unspecified atom stereocenters. The number of amides is 1. The Morgan fingerprint density at radius 2 is 1.67 bits per heavy atom. The van der Waals surface area contributed by atoms with Gasteiger partial charge in [-0.1, -0.05) is 57.2 Å². The van der Waals surface area contributed by atoms with E-state index in [-0.39, 0.29) is 23.8 Å². The molecule has 0 spiro atoms. The molecule has 4 rings (SSSR count). The third-order valence-electron chi connectivity index (χ3n) is 5.85. The Morgan fingerprint density at radius 3 is 2.36 bits per heavy atom. The Labute approximate surface area is 194 Å². The van der Waals surface area contributed by atoms with E-state index in [9.17, 15) is 9.59 Å². The first-order valence-corrected chi connectivity index (χ1v) is 11.4. The smallest absolute Gasteiger partial charge is 0.376 e. The van der Waals surface area contributed by atoms with Crippen LogP contribution in [0.2, 0.25) is 0 Å². The van der Waals surface area contributed by atoms with Crippen molar-refractivity contribution in [3.05, 3.63) is 65.6 Å². The topological polar surface area (TPSA) is 75.6 Å². The fraction of sp³-hybridized carbons (Fsp3) is 0.385. The molecule has 2 aromatic carbocycles. The molecule has 7 heteroatoms. The molecule has 1 aliphatic rings. The first-order valence-electron chi connectivity index (χ1n) is 11.4. The number of esters is 1. The van der Waals surface area contributed by atoms with Gasteiger partial charge in [0.25, 0.3) is 5.91 Å². The second-order valence-corrected chi connectivity index (χ2v) is 9.21. The normalized spacial score (nSPS) is 14.4. The SMILES string of the molecule is CCOC(=O)c1nc(N2CCN(C(=O)c3cccc4ccccc34)CC2)cc(C(C)(C)C)n1. The third-order valence-corrected chi connectivity index (χ3v) is 5.85. The Hall–Kier alpha value is -3.48. The molecule has 2 heterocycles. The first-order chi connectivity index (χ1) is 15.8. The highest BCUT2D eigenvalue weighted by molar-refractivity contribution is 6.07. The summed E-state index contributed by atoms with van der Waals surface area (Å²) in [5.74, 6) is 0.287. The lowest BCUT2D eigenvalue weighted by Gasteiger charge is -2.36. The van der Waals surface area contributed by atoms with Gasteiger partial charge in [0.2, 0.25) is 5.82 Å². The molecule has 3 aromatic rings. The van der Waals surface area contributed by atoms with Crippen molar-refractivity contribution in [3.8, 4) is 0 Å². The van der Waals surface area contributed by atoms with Gasteiger partial charge in [0.1, 0.15) is 5.82 Å². The Bertz CT molecular complexity index is 1170. The maximum atomic E-state index is 13.3. The largest absolute Gasteiger partial charge is 0.460 e. The van der Waals surface area contributed by atoms with Crippen LogP contribution < -0.4 is 4.90 Å². The summed E-state index contributed by atoms with van der Waals surface area (Å²) >= 11 is 0. The Morgan fingerprint density at radius 1 is 0.970 bits per heavy atom. The van der Waals surface area contributed by atoms with Crippen molar-refractivity contribution >= 4 is 28.5 Å². The van der Waals surface area contributed by atoms with Crippen LogP contribution in [0, 0.1) is 0 Å². The third kappa shape index (κ3) is 4.82. The number of fused-ring (bicyclic) bond motifs is 1. The van der Waals surface area contributed by atoms with Crippen LogP contribution in [0.1, 0.15) is 54.4 Å². The molecule has 1 aliphatic heterocycles. The van der Waals surface area contributed by atoms with Gasteiger partial charge < -0.3 is 14.5 Å². The molecule has 0 radical (unpaired) electrons. The molecule has 1 aromatic heterocycles. The minimum atomic E-state index is -0.519. The fourth-order valence-electron chi connectivity index (χ4n) is 3.99. The Kier molecular flexibility index (Phi) is 6.31. The number of carbonyl (C=O) groups is 2. The molecular formula is C26H30N4O3. The summed E-state index contributed by atoms with van der Waals surface area (Å²) in [6.07, 6.45) is 0. The number of piperazine rings is 1. The minimum Gasteiger partial charge on any atom is -0.460 e. The van der Waals surface area contributed by atoms with Gasteiger partial charge in [-0.25, -0.2) is 14.8 Å². The van der Waals surface area contributed by atoms with Crippen LogP contribution in [-0.2, 0) is 10.2 Å². The molecule has 0 N–H and O–H groups in total. The van der Waals surface area contributed by atoms with Gasteiger partial charge in [-0.2, -0.15) is 0 Å². The number of nitrogens with zero attached hydrogens (tertiary/aromatic N) is 4. The number of benzene rings is 2. The lowest BCUT2D eigenvalue weighted by atomic mass is 9.92. The van der Waals surface area contributed by atoms with E-state index in [0.29, 0.717) is 32.0 Å². The van der Waals surface area contributed by atoms with Crippen LogP contribution in [0.3, 0.4) is 0 Å². The predicted octanol–water partition coefficient (Wildman–Crippen LogP) is 4.07. The molecule has 1 fully saturated rings. The second kappa shape index (κ2) is 9.17. The van der Waals surface area contributed by atoms with Gasteiger partial charge in [0, 0.05) is 43.2 Å². The summed E-state index contributed by atoms with van der Waals surface area (Å²) < 4.78 is 5.14. The molecule has 0 saturated carbocycles. The number of carbonyl (C=O) groups excluding carboxylic acids is 2. The zero-order valence-corrected chi connectivity index (χ0v) is 19.7. The summed E-state index contributed by atoms with van der Waals surface area (Å²) in [5.41, 5.74) is 1.26. The van der Waals surface area contributed by atoms with E-state index < -0.39 is 5.97 Å². The first kappa shape index (κ1) is 22.7. The lowest BCUT2D eigenvalue weighted by molar-refractivity contribution is 0.0511. The summed E-state index contributed by atoms with van der Waals surface area (Å²) in [6.45, 7) is 10.6. The van der Waals surface area contributed by atoms with Gasteiger partial charge in [-0.05, 0) is 23.8 Å². The maximum Gasteiger partial charge on any atom is 0.376 e. The van der Waals surface area contributed by atoms with Gasteiger partial charge in [-0.15, -0.1) is 0 Å². The van der Waals surface area contributed by atoms with Crippen LogP contribution in [0.4, 0.5) is 5.82 Å². The van der Waals surface area contributed by atoms with Crippen molar-refractivity contribution in [1.82, 2.24) is 14.9 Å². The summed E-state index contributed by atoms with van der Waals surface area (Å²) in [5, 5.41) is 2.03. The van der Waals surface area contributed by atoms with E-state index in [1.165, 1.54) is 0 Å². The van der Waals surface area contributed by atoms with Crippen LogP contribution in [0.5, 0.6) is 0 Å². The van der Waals surface area contributed by atoms with E-state index in [2.05, 4.69) is 35.6 Å². The molecule has 33 heavy (non-hydrogen) atoms. The van der Waals surface area contributed by atoms with E-state index in [4.69, 9.17) is 4.74 Å². The molecule has 0 atom stereocenters. The van der Waals surface area contributed by atoms with E-state index >= 15 is 0 Å². The summed E-state index contributed by atoms with van der Waals surface area (Å²) in [6, 6.07) is 15.7. The van der Waals surface area contributed by atoms with Crippen LogP contribution >= 0.6 is 0 Å². The monoisotopic (exact) mass is 446 g/mol. The zero-order valence-electron chi connectivity index (χ0n) is 19.7. The highest BCUT2D eigenvalue weighted by atomic mass is 16.5. The van der Waals surface area contributed by atoms with Crippen molar-refractivity contribution in [1.29, 1.82) is 0 Å². The molecule has 7 nitrogen and oxygen atoms in total. The van der Waals surface area contributed by atoms with Crippen LogP contribution in [0.15, 0.2) is 48.5 Å². The van der Waals surface area contributed by atoms with Gasteiger partial charge in [0.15, 0.2) is 0 Å². The number of rotatable bonds is 4. The quantitative estimate of drug-likeness (QED) is 0.563. The Balaban J connectivity index is 1.54. The van der Waals surface area contributed by atoms with Crippen molar-refractivity contribution in [2.24, 2.45) is 0 Å².